The molecule has 2 fully saturated rings. The van der Waals surface area contributed by atoms with Gasteiger partial charge >= 0.3 is 0 Å². The Hall–Kier alpha value is -2.41. The first-order chi connectivity index (χ1) is 23.9. The molecule has 12 heteroatoms. The monoisotopic (exact) mass is 731 g/mol. The fourth-order valence-corrected chi connectivity index (χ4v) is 9.60. The lowest BCUT2D eigenvalue weighted by Gasteiger charge is -2.50. The van der Waals surface area contributed by atoms with Crippen molar-refractivity contribution >= 4 is 33.2 Å². The zero-order valence-electron chi connectivity index (χ0n) is 29.9. The number of aliphatic hydroxyl groups is 1. The standard InChI is InChI=1S/C38H54ClN3O7S/c1-25-8-7-10-33(37-48-23-38(22-43,24-49-37)41(3)4)32-15-12-29(32)20-42-17-6-5-9-27-18-31(39)14-11-30(27)21-47-35-16-13-28(19-34(35)42)36(44)40-50(45,46)26(25)2/h11,13-14,16,18-19,25-26,29,32-33,37,43H,5-10,12,15,17,20-24H2,1-4H3,(H,40,44)/t25-,26+,29-,32+,33+,37?,38?/m0/s1. The second kappa shape index (κ2) is 15.7. The Kier molecular flexibility index (Phi) is 11.7. The number of nitrogens with zero attached hydrogens (tertiary/aromatic N) is 2. The molecule has 0 radical (unpaired) electrons. The molecule has 5 atom stereocenters. The smallest absolute Gasteiger partial charge is 0.264 e. The topological polar surface area (TPSA) is 118 Å². The highest BCUT2D eigenvalue weighted by atomic mass is 35.5. The van der Waals surface area contributed by atoms with Crippen LogP contribution in [0.4, 0.5) is 5.69 Å². The molecule has 2 aromatic rings. The number of halogens is 1. The first-order valence-corrected chi connectivity index (χ1v) is 20.2. The molecule has 2 bridgehead atoms. The van der Waals surface area contributed by atoms with E-state index in [4.69, 9.17) is 25.8 Å². The Morgan fingerprint density at radius 3 is 2.46 bits per heavy atom. The Balaban J connectivity index is 1.34. The zero-order chi connectivity index (χ0) is 35.6. The van der Waals surface area contributed by atoms with E-state index in [0.717, 1.165) is 69.3 Å². The van der Waals surface area contributed by atoms with Crippen LogP contribution in [-0.4, -0.2) is 88.4 Å². The predicted molar refractivity (Wildman–Crippen MR) is 195 cm³/mol. The summed E-state index contributed by atoms with van der Waals surface area (Å²) in [6, 6.07) is 11.2. The summed E-state index contributed by atoms with van der Waals surface area (Å²) in [5.41, 5.74) is 2.76. The molecule has 0 aromatic heterocycles. The number of anilines is 1. The molecule has 10 nitrogen and oxygen atoms in total. The molecule has 3 heterocycles. The van der Waals surface area contributed by atoms with Gasteiger partial charge in [0.1, 0.15) is 12.4 Å². The Morgan fingerprint density at radius 2 is 1.76 bits per heavy atom. The quantitative estimate of drug-likeness (QED) is 0.414. The third-order valence-corrected chi connectivity index (χ3v) is 14.2. The van der Waals surface area contributed by atoms with Crippen molar-refractivity contribution < 1.29 is 32.5 Å². The number of hydrogen-bond acceptors (Lipinski definition) is 9. The summed E-state index contributed by atoms with van der Waals surface area (Å²) in [5.74, 6) is 0.727. The normalized spacial score (nSPS) is 32.4. The van der Waals surface area contributed by atoms with Crippen LogP contribution in [0.5, 0.6) is 5.75 Å². The van der Waals surface area contributed by atoms with Crippen LogP contribution in [0.3, 0.4) is 0 Å². The molecule has 4 aliphatic rings. The maximum Gasteiger partial charge on any atom is 0.264 e. The van der Waals surface area contributed by atoms with Gasteiger partial charge in [0.05, 0.1) is 36.3 Å². The van der Waals surface area contributed by atoms with Gasteiger partial charge < -0.3 is 24.2 Å². The van der Waals surface area contributed by atoms with Crippen LogP contribution in [0.15, 0.2) is 36.4 Å². The minimum atomic E-state index is -3.94. The third kappa shape index (κ3) is 7.98. The van der Waals surface area contributed by atoms with Crippen LogP contribution in [-0.2, 0) is 32.5 Å². The number of likely N-dealkylation sites (N-methyl/N-ethyl adjacent to an activating group) is 1. The number of fused-ring (bicyclic) bond motifs is 3. The molecule has 3 aliphatic heterocycles. The molecule has 1 amide bonds. The summed E-state index contributed by atoms with van der Waals surface area (Å²) in [4.78, 5) is 17.9. The van der Waals surface area contributed by atoms with E-state index in [1.807, 2.05) is 44.1 Å². The maximum atomic E-state index is 13.5. The van der Waals surface area contributed by atoms with E-state index < -0.39 is 33.0 Å². The lowest BCUT2D eigenvalue weighted by molar-refractivity contribution is -0.267. The van der Waals surface area contributed by atoms with Crippen molar-refractivity contribution in [3.63, 3.8) is 0 Å². The molecule has 2 N–H and O–H groups in total. The van der Waals surface area contributed by atoms with Crippen molar-refractivity contribution in [2.45, 2.75) is 88.9 Å². The number of nitrogens with one attached hydrogen (secondary N) is 1. The Bertz CT molecular complexity index is 1610. The number of aliphatic hydroxyl groups excluding tert-OH is 1. The highest BCUT2D eigenvalue weighted by Gasteiger charge is 2.46. The minimum absolute atomic E-state index is 0.0552. The average Bonchev–Trinajstić information content (AvgIpc) is 3.11. The van der Waals surface area contributed by atoms with Gasteiger partial charge in [-0.05, 0) is 125 Å². The van der Waals surface area contributed by atoms with E-state index in [2.05, 4.69) is 9.62 Å². The zero-order valence-corrected chi connectivity index (χ0v) is 31.5. The van der Waals surface area contributed by atoms with Crippen molar-refractivity contribution in [3.8, 4) is 5.75 Å². The van der Waals surface area contributed by atoms with Crippen molar-refractivity contribution in [1.29, 1.82) is 0 Å². The number of rotatable bonds is 3. The van der Waals surface area contributed by atoms with E-state index in [1.54, 1.807) is 25.1 Å². The lowest BCUT2D eigenvalue weighted by Crippen LogP contribution is -2.60. The molecular formula is C38H54ClN3O7S. The summed E-state index contributed by atoms with van der Waals surface area (Å²) in [5, 5.41) is 10.2. The van der Waals surface area contributed by atoms with Crippen LogP contribution < -0.4 is 14.4 Å². The Morgan fingerprint density at radius 1 is 0.980 bits per heavy atom. The van der Waals surface area contributed by atoms with Gasteiger partial charge in [-0.3, -0.25) is 9.69 Å². The van der Waals surface area contributed by atoms with Crippen molar-refractivity contribution in [3.05, 3.63) is 58.1 Å². The first-order valence-electron chi connectivity index (χ1n) is 18.3. The molecular weight excluding hydrogens is 678 g/mol. The SMILES string of the molecule is C[C@@H]1[C@@H](C)CCC[C@@H](C2OCC(CO)(N(C)C)CO2)[C@@H]2CC[C@H]2CN2CCCCc3cc(Cl)ccc3COc3ccc(cc32)C(=O)NS1(=O)=O. The predicted octanol–water partition coefficient (Wildman–Crippen LogP) is 5.64. The summed E-state index contributed by atoms with van der Waals surface area (Å²) >= 11 is 6.38. The molecule has 6 rings (SSSR count). The molecule has 0 unspecified atom stereocenters. The number of ether oxygens (including phenoxy) is 3. The van der Waals surface area contributed by atoms with E-state index >= 15 is 0 Å². The third-order valence-electron chi connectivity index (χ3n) is 12.1. The van der Waals surface area contributed by atoms with Gasteiger partial charge in [-0.2, -0.15) is 0 Å². The first kappa shape index (κ1) is 37.4. The van der Waals surface area contributed by atoms with Crippen LogP contribution >= 0.6 is 11.6 Å². The number of carbonyl (C=O) groups excluding carboxylic acids is 1. The average molecular weight is 732 g/mol. The van der Waals surface area contributed by atoms with Gasteiger partial charge in [0.25, 0.3) is 5.91 Å². The van der Waals surface area contributed by atoms with Crippen molar-refractivity contribution in [1.82, 2.24) is 9.62 Å². The molecule has 1 saturated carbocycles. The largest absolute Gasteiger partial charge is 0.487 e. The fourth-order valence-electron chi connectivity index (χ4n) is 8.10. The van der Waals surface area contributed by atoms with Gasteiger partial charge in [-0.1, -0.05) is 31.0 Å². The molecule has 2 aromatic carbocycles. The van der Waals surface area contributed by atoms with Gasteiger partial charge in [0.15, 0.2) is 6.29 Å². The van der Waals surface area contributed by atoms with Gasteiger partial charge in [0.2, 0.25) is 10.0 Å². The van der Waals surface area contributed by atoms with Gasteiger partial charge in [-0.25, -0.2) is 13.1 Å². The van der Waals surface area contributed by atoms with Gasteiger partial charge in [0, 0.05) is 29.6 Å². The Labute approximate surface area is 302 Å². The van der Waals surface area contributed by atoms with Crippen LogP contribution in [0.25, 0.3) is 0 Å². The number of sulfonamides is 1. The number of carbonyl (C=O) groups is 1. The fraction of sp³-hybridized carbons (Fsp3) is 0.658. The lowest BCUT2D eigenvalue weighted by atomic mass is 9.65. The van der Waals surface area contributed by atoms with E-state index in [0.29, 0.717) is 48.8 Å². The molecule has 0 spiro atoms. The minimum Gasteiger partial charge on any atom is -0.487 e. The summed E-state index contributed by atoms with van der Waals surface area (Å²) in [6.45, 7) is 6.23. The number of hydrogen-bond donors (Lipinski definition) is 2. The highest BCUT2D eigenvalue weighted by molar-refractivity contribution is 7.90. The highest BCUT2D eigenvalue weighted by Crippen LogP contribution is 2.47. The molecule has 1 aliphatic carbocycles. The van der Waals surface area contributed by atoms with Crippen LogP contribution in [0, 0.1) is 23.7 Å². The molecule has 276 valence electrons. The molecule has 50 heavy (non-hydrogen) atoms. The van der Waals surface area contributed by atoms with Crippen molar-refractivity contribution in [2.24, 2.45) is 23.7 Å². The summed E-state index contributed by atoms with van der Waals surface area (Å²) in [6.07, 6.45) is 6.88. The summed E-state index contributed by atoms with van der Waals surface area (Å²) < 4.78 is 48.8. The van der Waals surface area contributed by atoms with E-state index in [9.17, 15) is 18.3 Å². The molecule has 1 saturated heterocycles. The van der Waals surface area contributed by atoms with E-state index in [1.165, 1.54) is 5.56 Å². The second-order valence-electron chi connectivity index (χ2n) is 15.3. The maximum absolute atomic E-state index is 13.5. The summed E-state index contributed by atoms with van der Waals surface area (Å²) in [7, 11) is -0.0603. The number of aryl methyl sites for hydroxylation is 1. The number of amides is 1. The van der Waals surface area contributed by atoms with Crippen molar-refractivity contribution in [2.75, 3.05) is 51.9 Å². The van der Waals surface area contributed by atoms with Crippen LogP contribution in [0.1, 0.15) is 80.3 Å². The number of benzene rings is 2. The van der Waals surface area contributed by atoms with Gasteiger partial charge in [-0.15, -0.1) is 0 Å². The van der Waals surface area contributed by atoms with Crippen LogP contribution in [0.2, 0.25) is 5.02 Å². The van der Waals surface area contributed by atoms with E-state index in [-0.39, 0.29) is 24.0 Å². The second-order valence-corrected chi connectivity index (χ2v) is 17.8.